The van der Waals surface area contributed by atoms with Crippen LogP contribution in [0.25, 0.3) is 0 Å². The molecular formula is C5H10S. The van der Waals surface area contributed by atoms with E-state index in [0.717, 1.165) is 12.8 Å². The molecule has 6 heavy (non-hydrogen) atoms. The van der Waals surface area contributed by atoms with E-state index in [1.165, 1.54) is 5.75 Å². The zero-order valence-corrected chi connectivity index (χ0v) is 4.92. The molecule has 0 fully saturated rings. The van der Waals surface area contributed by atoms with E-state index in [1.54, 1.807) is 0 Å². The second-order valence-electron chi connectivity index (χ2n) is 1.14. The summed E-state index contributed by atoms with van der Waals surface area (Å²) in [7, 11) is 0. The standard InChI is InChI=1S/C5H10S/c1-3-4-5-6-2/h1H,3-5H2,2H3. The summed E-state index contributed by atoms with van der Waals surface area (Å²) in [6, 6.07) is 0. The number of thioether (sulfide) groups is 1. The predicted octanol–water partition coefficient (Wildman–Crippen LogP) is 1.84. The van der Waals surface area contributed by atoms with E-state index in [1.807, 2.05) is 11.8 Å². The molecule has 0 aliphatic rings. The van der Waals surface area contributed by atoms with Gasteiger partial charge >= 0.3 is 0 Å². The number of rotatable bonds is 3. The summed E-state index contributed by atoms with van der Waals surface area (Å²) >= 11 is 1.85. The summed E-state index contributed by atoms with van der Waals surface area (Å²) < 4.78 is 0. The van der Waals surface area contributed by atoms with Crippen LogP contribution in [0, 0.1) is 6.92 Å². The van der Waals surface area contributed by atoms with Crippen LogP contribution in [0.2, 0.25) is 0 Å². The monoisotopic (exact) mass is 102 g/mol. The van der Waals surface area contributed by atoms with Gasteiger partial charge in [0.05, 0.1) is 0 Å². The second kappa shape index (κ2) is 5.35. The molecule has 0 aliphatic heterocycles. The van der Waals surface area contributed by atoms with E-state index in [-0.39, 0.29) is 0 Å². The Morgan fingerprint density at radius 3 is 2.50 bits per heavy atom. The lowest BCUT2D eigenvalue weighted by Gasteiger charge is -1.86. The maximum absolute atomic E-state index is 5.20. The molecule has 2 radical (unpaired) electrons. The first kappa shape index (κ1) is 6.35. The van der Waals surface area contributed by atoms with Crippen LogP contribution in [0.5, 0.6) is 0 Å². The Bertz CT molecular complexity index is 15.9. The van der Waals surface area contributed by atoms with E-state index in [0.29, 0.717) is 0 Å². The fourth-order valence-corrected chi connectivity index (χ4v) is 0.683. The number of hydrogen-bond acceptors (Lipinski definition) is 1. The fraction of sp³-hybridized carbons (Fsp3) is 0.800. The molecule has 0 aromatic rings. The summed E-state index contributed by atoms with van der Waals surface area (Å²) in [6.45, 7) is 5.20. The van der Waals surface area contributed by atoms with Crippen LogP contribution in [0.15, 0.2) is 0 Å². The largest absolute Gasteiger partial charge is 0.165 e. The highest BCUT2D eigenvalue weighted by molar-refractivity contribution is 7.98. The molecule has 0 N–H and O–H groups in total. The molecular weight excluding hydrogens is 92.1 g/mol. The molecule has 0 spiro atoms. The third-order valence-electron chi connectivity index (χ3n) is 0.553. The number of unbranched alkanes of at least 4 members (excludes halogenated alkanes) is 1. The molecule has 1 heteroatoms. The van der Waals surface area contributed by atoms with E-state index in [2.05, 4.69) is 6.26 Å². The van der Waals surface area contributed by atoms with Gasteiger partial charge in [-0.1, -0.05) is 0 Å². The first-order valence-corrected chi connectivity index (χ1v) is 3.50. The molecule has 0 heterocycles. The molecule has 0 aromatic heterocycles. The van der Waals surface area contributed by atoms with Crippen molar-refractivity contribution in [2.24, 2.45) is 0 Å². The molecule has 0 rings (SSSR count). The lowest BCUT2D eigenvalue weighted by molar-refractivity contribution is 0.971. The van der Waals surface area contributed by atoms with E-state index >= 15 is 0 Å². The van der Waals surface area contributed by atoms with Crippen molar-refractivity contribution in [3.05, 3.63) is 6.92 Å². The van der Waals surface area contributed by atoms with Crippen molar-refractivity contribution >= 4 is 11.8 Å². The van der Waals surface area contributed by atoms with Gasteiger partial charge in [0.25, 0.3) is 0 Å². The molecule has 0 aliphatic carbocycles. The second-order valence-corrected chi connectivity index (χ2v) is 2.12. The Morgan fingerprint density at radius 1 is 1.67 bits per heavy atom. The van der Waals surface area contributed by atoms with Gasteiger partial charge in [-0.15, -0.1) is 0 Å². The van der Waals surface area contributed by atoms with Crippen LogP contribution in [-0.4, -0.2) is 12.0 Å². The molecule has 0 atom stereocenters. The highest BCUT2D eigenvalue weighted by Gasteiger charge is 1.75. The Morgan fingerprint density at radius 2 is 2.33 bits per heavy atom. The van der Waals surface area contributed by atoms with Crippen LogP contribution in [-0.2, 0) is 0 Å². The Kier molecular flexibility index (Phi) is 5.66. The normalized spacial score (nSPS) is 9.00. The van der Waals surface area contributed by atoms with E-state index in [4.69, 9.17) is 6.92 Å². The SMILES string of the molecule is [CH]CCCSC. The van der Waals surface area contributed by atoms with Crippen molar-refractivity contribution in [3.63, 3.8) is 0 Å². The van der Waals surface area contributed by atoms with Crippen molar-refractivity contribution < 1.29 is 0 Å². The first-order chi connectivity index (χ1) is 2.91. The van der Waals surface area contributed by atoms with Crippen molar-refractivity contribution in [2.75, 3.05) is 12.0 Å². The quantitative estimate of drug-likeness (QED) is 0.490. The van der Waals surface area contributed by atoms with Gasteiger partial charge in [0.1, 0.15) is 0 Å². The topological polar surface area (TPSA) is 0 Å². The van der Waals surface area contributed by atoms with Gasteiger partial charge in [0, 0.05) is 0 Å². The summed E-state index contributed by atoms with van der Waals surface area (Å²) in [4.78, 5) is 0. The Balaban J connectivity index is 2.34. The highest BCUT2D eigenvalue weighted by atomic mass is 32.2. The third kappa shape index (κ3) is 4.35. The molecule has 36 valence electrons. The van der Waals surface area contributed by atoms with E-state index < -0.39 is 0 Å². The minimum Gasteiger partial charge on any atom is -0.165 e. The molecule has 0 aromatic carbocycles. The Labute approximate surface area is 44.3 Å². The average Bonchev–Trinajstić information content (AvgIpc) is 1.61. The van der Waals surface area contributed by atoms with Crippen molar-refractivity contribution in [2.45, 2.75) is 12.8 Å². The van der Waals surface area contributed by atoms with Gasteiger partial charge in [-0.2, -0.15) is 11.8 Å². The summed E-state index contributed by atoms with van der Waals surface area (Å²) in [6.07, 6.45) is 4.08. The van der Waals surface area contributed by atoms with Crippen molar-refractivity contribution in [1.82, 2.24) is 0 Å². The molecule has 0 saturated heterocycles. The van der Waals surface area contributed by atoms with Gasteiger partial charge in [-0.3, -0.25) is 0 Å². The smallest absolute Gasteiger partial charge is 0.00702 e. The van der Waals surface area contributed by atoms with Gasteiger partial charge in [0.15, 0.2) is 0 Å². The van der Waals surface area contributed by atoms with Crippen molar-refractivity contribution in [3.8, 4) is 0 Å². The molecule has 0 saturated carbocycles. The maximum atomic E-state index is 5.20. The summed E-state index contributed by atoms with van der Waals surface area (Å²) in [5, 5.41) is 0. The number of hydrogen-bond donors (Lipinski definition) is 0. The minimum atomic E-state index is 0.834. The molecule has 0 bridgehead atoms. The highest BCUT2D eigenvalue weighted by Crippen LogP contribution is 1.96. The molecule has 0 amide bonds. The zero-order chi connectivity index (χ0) is 4.83. The van der Waals surface area contributed by atoms with Crippen LogP contribution >= 0.6 is 11.8 Å². The van der Waals surface area contributed by atoms with E-state index in [9.17, 15) is 0 Å². The minimum absolute atomic E-state index is 0.834. The molecule has 0 nitrogen and oxygen atoms in total. The van der Waals surface area contributed by atoms with Gasteiger partial charge in [0.2, 0.25) is 0 Å². The van der Waals surface area contributed by atoms with Gasteiger partial charge in [-0.05, 0) is 31.8 Å². The lowest BCUT2D eigenvalue weighted by atomic mass is 10.4. The van der Waals surface area contributed by atoms with Gasteiger partial charge in [-0.25, -0.2) is 0 Å². The van der Waals surface area contributed by atoms with Crippen LogP contribution in [0.1, 0.15) is 12.8 Å². The van der Waals surface area contributed by atoms with Crippen LogP contribution in [0.4, 0.5) is 0 Å². The third-order valence-corrected chi connectivity index (χ3v) is 1.25. The van der Waals surface area contributed by atoms with Gasteiger partial charge < -0.3 is 0 Å². The van der Waals surface area contributed by atoms with Crippen molar-refractivity contribution in [1.29, 1.82) is 0 Å². The first-order valence-electron chi connectivity index (χ1n) is 2.11. The zero-order valence-electron chi connectivity index (χ0n) is 4.11. The maximum Gasteiger partial charge on any atom is -0.00702 e. The molecule has 0 unspecified atom stereocenters. The predicted molar refractivity (Wildman–Crippen MR) is 31.9 cm³/mol. The van der Waals surface area contributed by atoms with Crippen LogP contribution in [0.3, 0.4) is 0 Å². The lowest BCUT2D eigenvalue weighted by Crippen LogP contribution is -1.71. The summed E-state index contributed by atoms with van der Waals surface area (Å²) in [5.41, 5.74) is 0. The Hall–Kier alpha value is 0.350. The fourth-order valence-electron chi connectivity index (χ4n) is 0.228. The average molecular weight is 102 g/mol. The van der Waals surface area contributed by atoms with Crippen LogP contribution < -0.4 is 0 Å². The summed E-state index contributed by atoms with van der Waals surface area (Å²) in [5.74, 6) is 1.20.